The molecule has 11 heteroatoms. The summed E-state index contributed by atoms with van der Waals surface area (Å²) in [5.41, 5.74) is 0. The topological polar surface area (TPSA) is 175 Å². The van der Waals surface area contributed by atoms with E-state index in [4.69, 9.17) is 14.2 Å². The van der Waals surface area contributed by atoms with Gasteiger partial charge in [0, 0.05) is 6.42 Å². The van der Waals surface area contributed by atoms with Gasteiger partial charge in [0.1, 0.15) is 24.4 Å². The maximum atomic E-state index is 13.5. The number of carbonyl (C=O) groups is 2. The summed E-state index contributed by atoms with van der Waals surface area (Å²) >= 11 is 0. The van der Waals surface area contributed by atoms with Gasteiger partial charge in [-0.25, -0.2) is 0 Å². The number of unbranched alkanes of at least 4 members (excludes halogenated alkanes) is 42. The zero-order chi connectivity index (χ0) is 63.1. The molecule has 1 heterocycles. The van der Waals surface area contributed by atoms with Crippen molar-refractivity contribution in [3.8, 4) is 0 Å². The zero-order valence-corrected chi connectivity index (χ0v) is 56.6. The highest BCUT2D eigenvalue weighted by atomic mass is 16.7. The lowest BCUT2D eigenvalue weighted by molar-refractivity contribution is -0.305. The van der Waals surface area contributed by atoms with Crippen LogP contribution in [0.25, 0.3) is 0 Å². The minimum absolute atomic E-state index is 0.122. The summed E-state index contributed by atoms with van der Waals surface area (Å²) in [5, 5.41) is 57.3. The van der Waals surface area contributed by atoms with Crippen LogP contribution in [0.4, 0.5) is 0 Å². The van der Waals surface area contributed by atoms with Crippen LogP contribution < -0.4 is 5.32 Å². The molecule has 1 saturated heterocycles. The van der Waals surface area contributed by atoms with Crippen LogP contribution in [0.15, 0.2) is 60.8 Å². The van der Waals surface area contributed by atoms with E-state index in [1.54, 1.807) is 6.08 Å². The van der Waals surface area contributed by atoms with Gasteiger partial charge in [-0.05, 0) is 89.9 Å². The molecule has 1 fully saturated rings. The van der Waals surface area contributed by atoms with Gasteiger partial charge in [0.15, 0.2) is 12.4 Å². The maximum Gasteiger partial charge on any atom is 0.306 e. The van der Waals surface area contributed by atoms with E-state index < -0.39 is 67.4 Å². The number of carbonyl (C=O) groups excluding carboxylic acids is 2. The summed E-state index contributed by atoms with van der Waals surface area (Å²) in [4.78, 5) is 26.7. The number of ether oxygens (including phenoxy) is 3. The molecule has 0 aromatic heterocycles. The number of hydrogen-bond donors (Lipinski definition) is 6. The standard InChI is InChI=1S/C76H139NO10/c1-4-7-10-13-16-19-22-25-27-29-31-32-33-34-35-36-37-39-40-42-45-48-51-54-57-60-63-69(80)75(84)77-67(68(79)62-59-56-53-50-47-44-24-21-18-15-12-9-6-3)66-85-76-74(73(83)72(82)70(65-78)86-76)87-71(81)64-61-58-55-52-49-46-43-41-38-30-28-26-23-20-17-14-11-8-5-2/h16,19,25-28,31-32,59,62,67-70,72-74,76,78-80,82-83H,4-15,17-18,20-24,29-30,33-58,60-61,63-66H2,1-3H3,(H,77,84)/b19-16-,27-25-,28-26+,32-31-,62-59+. The van der Waals surface area contributed by atoms with Crippen molar-refractivity contribution in [2.45, 2.75) is 397 Å². The molecular formula is C76H139NO10. The molecule has 1 rings (SSSR count). The Hall–Kier alpha value is -2.64. The monoisotopic (exact) mass is 1230 g/mol. The number of amides is 1. The molecular weight excluding hydrogens is 1090 g/mol. The van der Waals surface area contributed by atoms with Crippen molar-refractivity contribution < 1.29 is 49.3 Å². The highest BCUT2D eigenvalue weighted by molar-refractivity contribution is 5.80. The first-order valence-corrected chi connectivity index (χ1v) is 37.1. The molecule has 8 unspecified atom stereocenters. The Balaban J connectivity index is 2.56. The molecule has 0 aliphatic carbocycles. The fourth-order valence-electron chi connectivity index (χ4n) is 11.5. The summed E-state index contributed by atoms with van der Waals surface area (Å²) in [7, 11) is 0. The van der Waals surface area contributed by atoms with Crippen LogP contribution in [0.3, 0.4) is 0 Å². The Labute approximate surface area is 535 Å². The van der Waals surface area contributed by atoms with Crippen LogP contribution in [-0.4, -0.2) is 99.6 Å². The minimum Gasteiger partial charge on any atom is -0.454 e. The summed E-state index contributed by atoms with van der Waals surface area (Å²) in [6, 6.07) is -1.03. The maximum absolute atomic E-state index is 13.5. The Morgan fingerprint density at radius 2 is 0.793 bits per heavy atom. The molecule has 1 aliphatic heterocycles. The number of allylic oxidation sites excluding steroid dienone is 9. The van der Waals surface area contributed by atoms with Gasteiger partial charge in [0.05, 0.1) is 25.4 Å². The van der Waals surface area contributed by atoms with E-state index in [0.29, 0.717) is 19.3 Å². The highest BCUT2D eigenvalue weighted by Gasteiger charge is 2.47. The van der Waals surface area contributed by atoms with Gasteiger partial charge in [-0.15, -0.1) is 0 Å². The number of rotatable bonds is 64. The van der Waals surface area contributed by atoms with Crippen LogP contribution >= 0.6 is 0 Å². The van der Waals surface area contributed by atoms with Crippen molar-refractivity contribution in [2.75, 3.05) is 13.2 Å². The van der Waals surface area contributed by atoms with E-state index in [1.807, 2.05) is 6.08 Å². The Morgan fingerprint density at radius 1 is 0.448 bits per heavy atom. The van der Waals surface area contributed by atoms with E-state index >= 15 is 0 Å². The van der Waals surface area contributed by atoms with E-state index in [9.17, 15) is 35.1 Å². The van der Waals surface area contributed by atoms with Crippen LogP contribution in [0.5, 0.6) is 0 Å². The van der Waals surface area contributed by atoms with Gasteiger partial charge in [-0.2, -0.15) is 0 Å². The van der Waals surface area contributed by atoms with Gasteiger partial charge in [-0.3, -0.25) is 9.59 Å². The van der Waals surface area contributed by atoms with Crippen LogP contribution in [0.1, 0.15) is 348 Å². The molecule has 0 aromatic rings. The summed E-state index contributed by atoms with van der Waals surface area (Å²) in [6.45, 7) is 5.81. The second kappa shape index (κ2) is 63.5. The third kappa shape index (κ3) is 50.7. The average Bonchev–Trinajstić information content (AvgIpc) is 1.52. The average molecular weight is 1230 g/mol. The third-order valence-corrected chi connectivity index (χ3v) is 17.4. The highest BCUT2D eigenvalue weighted by Crippen LogP contribution is 2.26. The van der Waals surface area contributed by atoms with Crippen molar-refractivity contribution in [3.63, 3.8) is 0 Å². The van der Waals surface area contributed by atoms with Gasteiger partial charge < -0.3 is 45.1 Å². The van der Waals surface area contributed by atoms with Crippen molar-refractivity contribution >= 4 is 11.9 Å². The molecule has 0 spiro atoms. The van der Waals surface area contributed by atoms with Crippen molar-refractivity contribution in [1.29, 1.82) is 0 Å². The Bertz CT molecular complexity index is 1650. The third-order valence-electron chi connectivity index (χ3n) is 17.4. The predicted octanol–water partition coefficient (Wildman–Crippen LogP) is 19.3. The molecule has 1 amide bonds. The fourth-order valence-corrected chi connectivity index (χ4v) is 11.5. The van der Waals surface area contributed by atoms with Gasteiger partial charge in [0.2, 0.25) is 5.91 Å². The van der Waals surface area contributed by atoms with E-state index in [2.05, 4.69) is 74.7 Å². The molecule has 87 heavy (non-hydrogen) atoms. The first-order valence-electron chi connectivity index (χ1n) is 37.1. The minimum atomic E-state index is -1.62. The predicted molar refractivity (Wildman–Crippen MR) is 366 cm³/mol. The lowest BCUT2D eigenvalue weighted by Gasteiger charge is -2.41. The zero-order valence-electron chi connectivity index (χ0n) is 56.6. The van der Waals surface area contributed by atoms with E-state index in [0.717, 1.165) is 70.6 Å². The summed E-state index contributed by atoms with van der Waals surface area (Å²) < 4.78 is 17.7. The molecule has 6 N–H and O–H groups in total. The largest absolute Gasteiger partial charge is 0.454 e. The molecule has 508 valence electrons. The van der Waals surface area contributed by atoms with Crippen molar-refractivity contribution in [1.82, 2.24) is 5.32 Å². The van der Waals surface area contributed by atoms with Crippen molar-refractivity contribution in [3.05, 3.63) is 60.8 Å². The fraction of sp³-hybridized carbons (Fsp3) is 0.842. The van der Waals surface area contributed by atoms with Crippen LogP contribution in [0.2, 0.25) is 0 Å². The first kappa shape index (κ1) is 82.4. The van der Waals surface area contributed by atoms with E-state index in [-0.39, 0.29) is 13.0 Å². The van der Waals surface area contributed by atoms with Crippen molar-refractivity contribution in [2.24, 2.45) is 0 Å². The Kier molecular flexibility index (Phi) is 60.1. The lowest BCUT2D eigenvalue weighted by atomic mass is 9.99. The molecule has 1 aliphatic rings. The molecule has 0 saturated carbocycles. The SMILES string of the molecule is CCCCC/C=C\C/C=C\C/C=C\CCCCCCCCCCCCCCCC(O)C(=O)NC(COC1OC(CO)C(O)C(O)C1OC(=O)CCCCCCCCCCC/C=C/CCCCCCCC)C(O)/C=C/CCCCCCCCCCCCC. The summed E-state index contributed by atoms with van der Waals surface area (Å²) in [5.74, 6) is -1.19. The van der Waals surface area contributed by atoms with Gasteiger partial charge in [-0.1, -0.05) is 313 Å². The quantitative estimate of drug-likeness (QED) is 0.0195. The number of aliphatic hydroxyl groups excluding tert-OH is 5. The molecule has 0 bridgehead atoms. The number of aliphatic hydroxyl groups is 5. The number of esters is 1. The second-order valence-electron chi connectivity index (χ2n) is 25.7. The smallest absolute Gasteiger partial charge is 0.306 e. The number of nitrogens with one attached hydrogen (secondary N) is 1. The van der Waals surface area contributed by atoms with E-state index in [1.165, 1.54) is 231 Å². The van der Waals surface area contributed by atoms with Gasteiger partial charge >= 0.3 is 5.97 Å². The molecule has 0 aromatic carbocycles. The second-order valence-corrected chi connectivity index (χ2v) is 25.7. The molecule has 11 nitrogen and oxygen atoms in total. The Morgan fingerprint density at radius 3 is 1.22 bits per heavy atom. The van der Waals surface area contributed by atoms with Crippen LogP contribution in [0, 0.1) is 0 Å². The van der Waals surface area contributed by atoms with Gasteiger partial charge in [0.25, 0.3) is 0 Å². The first-order chi connectivity index (χ1) is 42.7. The molecule has 0 radical (unpaired) electrons. The summed E-state index contributed by atoms with van der Waals surface area (Å²) in [6.07, 6.45) is 71.1. The lowest BCUT2D eigenvalue weighted by Crippen LogP contribution is -2.61. The molecule has 8 atom stereocenters. The van der Waals surface area contributed by atoms with Crippen LogP contribution in [-0.2, 0) is 23.8 Å². The number of hydrogen-bond acceptors (Lipinski definition) is 10. The normalized spacial score (nSPS) is 18.6.